The van der Waals surface area contributed by atoms with Crippen molar-refractivity contribution in [3.63, 3.8) is 0 Å². The molecule has 1 saturated heterocycles. The van der Waals surface area contributed by atoms with Crippen LogP contribution >= 0.6 is 0 Å². The van der Waals surface area contributed by atoms with Gasteiger partial charge in [0.2, 0.25) is 5.91 Å². The molecule has 0 aromatic heterocycles. The van der Waals surface area contributed by atoms with Crippen LogP contribution in [-0.2, 0) is 4.79 Å². The lowest BCUT2D eigenvalue weighted by molar-refractivity contribution is -0.121. The smallest absolute Gasteiger partial charge is 0.234 e. The molecule has 0 radical (unpaired) electrons. The second-order valence-corrected chi connectivity index (χ2v) is 6.05. The Morgan fingerprint density at radius 1 is 1.11 bits per heavy atom. The van der Waals surface area contributed by atoms with Crippen LogP contribution in [0.1, 0.15) is 51.9 Å². The van der Waals surface area contributed by atoms with Crippen LogP contribution in [0.4, 0.5) is 0 Å². The summed E-state index contributed by atoms with van der Waals surface area (Å²) in [5, 5.41) is 6.55. The minimum absolute atomic E-state index is 0.181. The number of carbonyl (C=O) groups is 1. The topological polar surface area (TPSA) is 44.4 Å². The largest absolute Gasteiger partial charge is 0.352 e. The molecular formula is C15H29N3O. The summed E-state index contributed by atoms with van der Waals surface area (Å²) < 4.78 is 0. The van der Waals surface area contributed by atoms with E-state index in [4.69, 9.17) is 0 Å². The Bertz CT molecular complexity index is 269. The Hall–Kier alpha value is -0.610. The van der Waals surface area contributed by atoms with E-state index in [0.29, 0.717) is 18.6 Å². The number of likely N-dealkylation sites (tertiary alicyclic amines) is 1. The van der Waals surface area contributed by atoms with Crippen molar-refractivity contribution in [1.29, 1.82) is 0 Å². The molecule has 1 aliphatic heterocycles. The second kappa shape index (κ2) is 7.85. The highest BCUT2D eigenvalue weighted by atomic mass is 16.2. The van der Waals surface area contributed by atoms with Gasteiger partial charge in [0.1, 0.15) is 0 Å². The SMILES string of the molecule is CCCN1CCC(NC(=O)CNC2CCCC2)CC1. The van der Waals surface area contributed by atoms with Crippen LogP contribution in [-0.4, -0.2) is 49.1 Å². The van der Waals surface area contributed by atoms with Crippen LogP contribution < -0.4 is 10.6 Å². The Balaban J connectivity index is 1.58. The molecule has 1 amide bonds. The normalized spacial score (nSPS) is 22.8. The maximum Gasteiger partial charge on any atom is 0.234 e. The van der Waals surface area contributed by atoms with Crippen LogP contribution in [0.25, 0.3) is 0 Å². The molecular weight excluding hydrogens is 238 g/mol. The van der Waals surface area contributed by atoms with Crippen molar-refractivity contribution in [2.75, 3.05) is 26.2 Å². The summed E-state index contributed by atoms with van der Waals surface area (Å²) in [4.78, 5) is 14.4. The molecule has 1 heterocycles. The van der Waals surface area contributed by atoms with E-state index in [1.54, 1.807) is 0 Å². The Kier molecular flexibility index (Phi) is 6.11. The van der Waals surface area contributed by atoms with Crippen molar-refractivity contribution in [2.24, 2.45) is 0 Å². The molecule has 4 nitrogen and oxygen atoms in total. The fraction of sp³-hybridized carbons (Fsp3) is 0.933. The van der Waals surface area contributed by atoms with E-state index in [1.165, 1.54) is 38.6 Å². The number of nitrogens with zero attached hydrogens (tertiary/aromatic N) is 1. The molecule has 2 N–H and O–H groups in total. The van der Waals surface area contributed by atoms with Gasteiger partial charge in [0.25, 0.3) is 0 Å². The highest BCUT2D eigenvalue weighted by molar-refractivity contribution is 5.78. The van der Waals surface area contributed by atoms with Crippen LogP contribution in [0.5, 0.6) is 0 Å². The summed E-state index contributed by atoms with van der Waals surface area (Å²) in [6.45, 7) is 6.19. The number of hydrogen-bond acceptors (Lipinski definition) is 3. The lowest BCUT2D eigenvalue weighted by Gasteiger charge is -2.32. The van der Waals surface area contributed by atoms with Crippen molar-refractivity contribution in [3.05, 3.63) is 0 Å². The Labute approximate surface area is 117 Å². The van der Waals surface area contributed by atoms with Crippen LogP contribution in [0.15, 0.2) is 0 Å². The van der Waals surface area contributed by atoms with Crippen molar-refractivity contribution in [3.8, 4) is 0 Å². The monoisotopic (exact) mass is 267 g/mol. The molecule has 2 aliphatic rings. The molecule has 4 heteroatoms. The van der Waals surface area contributed by atoms with Crippen molar-refractivity contribution in [2.45, 2.75) is 64.0 Å². The first-order valence-electron chi connectivity index (χ1n) is 8.03. The quantitative estimate of drug-likeness (QED) is 0.767. The summed E-state index contributed by atoms with van der Waals surface area (Å²) in [5.41, 5.74) is 0. The lowest BCUT2D eigenvalue weighted by Crippen LogP contribution is -2.47. The number of hydrogen-bond donors (Lipinski definition) is 2. The standard InChI is InChI=1S/C15H29N3O/c1-2-9-18-10-7-14(8-11-18)17-15(19)12-16-13-5-3-4-6-13/h13-14,16H,2-12H2,1H3,(H,17,19). The summed E-state index contributed by atoms with van der Waals surface area (Å²) in [6, 6.07) is 0.975. The van der Waals surface area contributed by atoms with E-state index in [2.05, 4.69) is 22.5 Å². The Morgan fingerprint density at radius 2 is 1.79 bits per heavy atom. The first-order chi connectivity index (χ1) is 9.28. The van der Waals surface area contributed by atoms with E-state index in [-0.39, 0.29) is 5.91 Å². The summed E-state index contributed by atoms with van der Waals surface area (Å²) in [5.74, 6) is 0.181. The number of rotatable bonds is 6. The van der Waals surface area contributed by atoms with Gasteiger partial charge in [-0.2, -0.15) is 0 Å². The number of nitrogens with one attached hydrogen (secondary N) is 2. The predicted molar refractivity (Wildman–Crippen MR) is 78.2 cm³/mol. The average molecular weight is 267 g/mol. The van der Waals surface area contributed by atoms with Gasteiger partial charge in [0, 0.05) is 25.2 Å². The number of piperidine rings is 1. The zero-order chi connectivity index (χ0) is 13.5. The third kappa shape index (κ3) is 5.11. The molecule has 0 bridgehead atoms. The van der Waals surface area contributed by atoms with E-state index in [0.717, 1.165) is 25.9 Å². The van der Waals surface area contributed by atoms with Gasteiger partial charge in [-0.3, -0.25) is 4.79 Å². The zero-order valence-electron chi connectivity index (χ0n) is 12.3. The third-order valence-corrected chi connectivity index (χ3v) is 4.40. The van der Waals surface area contributed by atoms with E-state index >= 15 is 0 Å². The fourth-order valence-electron chi connectivity index (χ4n) is 3.26. The van der Waals surface area contributed by atoms with Crippen LogP contribution in [0.2, 0.25) is 0 Å². The number of amides is 1. The Morgan fingerprint density at radius 3 is 2.42 bits per heavy atom. The molecule has 0 spiro atoms. The van der Waals surface area contributed by atoms with Gasteiger partial charge in [-0.1, -0.05) is 19.8 Å². The van der Waals surface area contributed by atoms with Gasteiger partial charge < -0.3 is 15.5 Å². The first kappa shape index (κ1) is 14.8. The summed E-state index contributed by atoms with van der Waals surface area (Å²) in [6.07, 6.45) is 8.54. The van der Waals surface area contributed by atoms with Gasteiger partial charge in [-0.05, 0) is 38.6 Å². The van der Waals surface area contributed by atoms with Crippen molar-refractivity contribution < 1.29 is 4.79 Å². The molecule has 0 atom stereocenters. The van der Waals surface area contributed by atoms with E-state index in [9.17, 15) is 4.79 Å². The molecule has 1 aliphatic carbocycles. The molecule has 0 aromatic carbocycles. The maximum absolute atomic E-state index is 11.9. The third-order valence-electron chi connectivity index (χ3n) is 4.40. The predicted octanol–water partition coefficient (Wildman–Crippen LogP) is 1.51. The average Bonchev–Trinajstić information content (AvgIpc) is 2.92. The highest BCUT2D eigenvalue weighted by Gasteiger charge is 2.20. The molecule has 2 rings (SSSR count). The summed E-state index contributed by atoms with van der Waals surface area (Å²) >= 11 is 0. The van der Waals surface area contributed by atoms with Gasteiger partial charge >= 0.3 is 0 Å². The van der Waals surface area contributed by atoms with E-state index in [1.807, 2.05) is 0 Å². The van der Waals surface area contributed by atoms with Gasteiger partial charge in [0.15, 0.2) is 0 Å². The molecule has 19 heavy (non-hydrogen) atoms. The van der Waals surface area contributed by atoms with Crippen LogP contribution in [0, 0.1) is 0 Å². The number of carbonyl (C=O) groups excluding carboxylic acids is 1. The second-order valence-electron chi connectivity index (χ2n) is 6.05. The zero-order valence-corrected chi connectivity index (χ0v) is 12.3. The van der Waals surface area contributed by atoms with Gasteiger partial charge in [-0.25, -0.2) is 0 Å². The van der Waals surface area contributed by atoms with Crippen molar-refractivity contribution >= 4 is 5.91 Å². The van der Waals surface area contributed by atoms with Crippen LogP contribution in [0.3, 0.4) is 0 Å². The maximum atomic E-state index is 11.9. The fourth-order valence-corrected chi connectivity index (χ4v) is 3.26. The van der Waals surface area contributed by atoms with Gasteiger partial charge in [0.05, 0.1) is 6.54 Å². The minimum atomic E-state index is 0.181. The minimum Gasteiger partial charge on any atom is -0.352 e. The molecule has 0 unspecified atom stereocenters. The first-order valence-corrected chi connectivity index (χ1v) is 8.03. The van der Waals surface area contributed by atoms with Crippen molar-refractivity contribution in [1.82, 2.24) is 15.5 Å². The molecule has 110 valence electrons. The summed E-state index contributed by atoms with van der Waals surface area (Å²) in [7, 11) is 0. The van der Waals surface area contributed by atoms with Gasteiger partial charge in [-0.15, -0.1) is 0 Å². The lowest BCUT2D eigenvalue weighted by atomic mass is 10.0. The molecule has 0 aromatic rings. The molecule has 2 fully saturated rings. The highest BCUT2D eigenvalue weighted by Crippen LogP contribution is 2.17. The molecule has 1 saturated carbocycles. The van der Waals surface area contributed by atoms with E-state index < -0.39 is 0 Å².